The molecular weight excluding hydrogens is 407 g/mol. The van der Waals surface area contributed by atoms with Crippen molar-refractivity contribution < 1.29 is 14.0 Å². The van der Waals surface area contributed by atoms with E-state index in [1.165, 1.54) is 47.5 Å². The van der Waals surface area contributed by atoms with Crippen LogP contribution in [-0.4, -0.2) is 49.9 Å². The summed E-state index contributed by atoms with van der Waals surface area (Å²) in [5.41, 5.74) is 4.19. The molecule has 2 aliphatic rings. The van der Waals surface area contributed by atoms with E-state index >= 15 is 0 Å². The molecule has 1 atom stereocenters. The number of likely N-dealkylation sites (tertiary alicyclic amines) is 1. The lowest BCUT2D eigenvalue weighted by Crippen LogP contribution is -2.43. The average molecular weight is 439 g/mol. The van der Waals surface area contributed by atoms with Crippen LogP contribution in [0.1, 0.15) is 42.9 Å². The summed E-state index contributed by atoms with van der Waals surface area (Å²) in [6.45, 7) is 3.41. The van der Waals surface area contributed by atoms with Crippen LogP contribution in [-0.2, 0) is 16.0 Å². The molecule has 0 aromatic heterocycles. The number of nitrogens with one attached hydrogen (secondary N) is 2. The molecule has 4 rings (SSSR count). The molecule has 2 aliphatic heterocycles. The highest BCUT2D eigenvalue weighted by molar-refractivity contribution is 6.39. The molecule has 7 heteroatoms. The summed E-state index contributed by atoms with van der Waals surface area (Å²) in [6, 6.07) is 12.0. The molecule has 1 fully saturated rings. The third-order valence-electron chi connectivity index (χ3n) is 6.43. The molecule has 2 amide bonds. The minimum atomic E-state index is -0.749. The van der Waals surface area contributed by atoms with E-state index < -0.39 is 17.6 Å². The molecule has 170 valence electrons. The molecule has 1 saturated heterocycles. The summed E-state index contributed by atoms with van der Waals surface area (Å²) in [4.78, 5) is 29.5. The molecule has 2 heterocycles. The van der Waals surface area contributed by atoms with E-state index in [-0.39, 0.29) is 6.04 Å². The van der Waals surface area contributed by atoms with E-state index in [2.05, 4.69) is 45.7 Å². The van der Waals surface area contributed by atoms with Gasteiger partial charge in [-0.3, -0.25) is 14.5 Å². The largest absolute Gasteiger partial charge is 0.374 e. The zero-order valence-corrected chi connectivity index (χ0v) is 18.6. The molecule has 32 heavy (non-hydrogen) atoms. The standard InChI is InChI=1S/C25H31FN4O2/c1-29-13-5-6-18-16-19(7-12-22(18)29)23(30-14-3-2-4-15-30)17-27-24(31)25(32)28-21-10-8-20(26)9-11-21/h7-12,16,23H,2-6,13-15,17H2,1H3,(H,27,31)(H,28,32). The Morgan fingerprint density at radius 2 is 1.72 bits per heavy atom. The summed E-state index contributed by atoms with van der Waals surface area (Å²) in [5.74, 6) is -1.83. The van der Waals surface area contributed by atoms with Gasteiger partial charge in [0.1, 0.15) is 5.82 Å². The molecule has 0 bridgehead atoms. The molecule has 6 nitrogen and oxygen atoms in total. The van der Waals surface area contributed by atoms with Crippen LogP contribution in [0.15, 0.2) is 42.5 Å². The smallest absolute Gasteiger partial charge is 0.313 e. The van der Waals surface area contributed by atoms with E-state index in [1.54, 1.807) is 0 Å². The van der Waals surface area contributed by atoms with Crippen LogP contribution in [0.25, 0.3) is 0 Å². The van der Waals surface area contributed by atoms with E-state index in [0.29, 0.717) is 12.2 Å². The lowest BCUT2D eigenvalue weighted by atomic mass is 9.95. The van der Waals surface area contributed by atoms with Gasteiger partial charge >= 0.3 is 11.8 Å². The number of aryl methyl sites for hydroxylation is 1. The fourth-order valence-electron chi connectivity index (χ4n) is 4.69. The normalized spacial score (nSPS) is 17.4. The predicted molar refractivity (Wildman–Crippen MR) is 124 cm³/mol. The molecule has 2 N–H and O–H groups in total. The number of carbonyl (C=O) groups is 2. The fourth-order valence-corrected chi connectivity index (χ4v) is 4.69. The van der Waals surface area contributed by atoms with Gasteiger partial charge < -0.3 is 15.5 Å². The van der Waals surface area contributed by atoms with Crippen LogP contribution in [0.3, 0.4) is 0 Å². The second-order valence-electron chi connectivity index (χ2n) is 8.70. The fraction of sp³-hybridized carbons (Fsp3) is 0.440. The Labute approximate surface area is 188 Å². The van der Waals surface area contributed by atoms with Crippen LogP contribution < -0.4 is 15.5 Å². The summed E-state index contributed by atoms with van der Waals surface area (Å²) in [6.07, 6.45) is 5.71. The first-order valence-electron chi connectivity index (χ1n) is 11.4. The van der Waals surface area contributed by atoms with Crippen LogP contribution >= 0.6 is 0 Å². The molecule has 0 spiro atoms. The molecule has 0 radical (unpaired) electrons. The zero-order valence-electron chi connectivity index (χ0n) is 18.6. The first kappa shape index (κ1) is 22.3. The first-order chi connectivity index (χ1) is 15.5. The van der Waals surface area contributed by atoms with Gasteiger partial charge in [0.05, 0.1) is 6.04 Å². The van der Waals surface area contributed by atoms with Gasteiger partial charge in [-0.1, -0.05) is 18.6 Å². The number of hydrogen-bond acceptors (Lipinski definition) is 4. The monoisotopic (exact) mass is 438 g/mol. The van der Waals surface area contributed by atoms with Crippen molar-refractivity contribution in [3.05, 3.63) is 59.4 Å². The number of rotatable bonds is 5. The number of halogens is 1. The van der Waals surface area contributed by atoms with Crippen LogP contribution in [0, 0.1) is 5.82 Å². The van der Waals surface area contributed by atoms with E-state index in [0.717, 1.165) is 45.3 Å². The number of nitrogens with zero attached hydrogens (tertiary/aromatic N) is 2. The van der Waals surface area contributed by atoms with Gasteiger partial charge in [-0.2, -0.15) is 0 Å². The maximum Gasteiger partial charge on any atom is 0.313 e. The van der Waals surface area contributed by atoms with E-state index in [9.17, 15) is 14.0 Å². The van der Waals surface area contributed by atoms with Crippen molar-refractivity contribution in [1.82, 2.24) is 10.2 Å². The third kappa shape index (κ3) is 5.27. The van der Waals surface area contributed by atoms with Gasteiger partial charge in [0.2, 0.25) is 0 Å². The van der Waals surface area contributed by atoms with E-state index in [4.69, 9.17) is 0 Å². The molecule has 0 aliphatic carbocycles. The molecule has 2 aromatic carbocycles. The first-order valence-corrected chi connectivity index (χ1v) is 11.4. The lowest BCUT2D eigenvalue weighted by Gasteiger charge is -2.36. The predicted octanol–water partition coefficient (Wildman–Crippen LogP) is 3.49. The van der Waals surface area contributed by atoms with Crippen molar-refractivity contribution in [2.45, 2.75) is 38.1 Å². The Hall–Kier alpha value is -2.93. The Morgan fingerprint density at radius 3 is 2.47 bits per heavy atom. The summed E-state index contributed by atoms with van der Waals surface area (Å²) in [5, 5.41) is 5.34. The maximum atomic E-state index is 13.1. The Bertz CT molecular complexity index is 957. The van der Waals surface area contributed by atoms with Crippen molar-refractivity contribution in [2.75, 3.05) is 43.4 Å². The van der Waals surface area contributed by atoms with Crippen molar-refractivity contribution in [2.24, 2.45) is 0 Å². The summed E-state index contributed by atoms with van der Waals surface area (Å²) in [7, 11) is 2.12. The van der Waals surface area contributed by atoms with Crippen molar-refractivity contribution in [1.29, 1.82) is 0 Å². The number of amides is 2. The van der Waals surface area contributed by atoms with Crippen LogP contribution in [0.5, 0.6) is 0 Å². The highest BCUT2D eigenvalue weighted by atomic mass is 19.1. The Morgan fingerprint density at radius 1 is 0.969 bits per heavy atom. The lowest BCUT2D eigenvalue weighted by molar-refractivity contribution is -0.136. The van der Waals surface area contributed by atoms with Crippen molar-refractivity contribution >= 4 is 23.2 Å². The highest BCUT2D eigenvalue weighted by Crippen LogP contribution is 2.31. The average Bonchev–Trinajstić information content (AvgIpc) is 2.81. The topological polar surface area (TPSA) is 64.7 Å². The number of fused-ring (bicyclic) bond motifs is 1. The highest BCUT2D eigenvalue weighted by Gasteiger charge is 2.26. The minimum absolute atomic E-state index is 0.0235. The number of piperidine rings is 1. The van der Waals surface area contributed by atoms with Gasteiger partial charge in [-0.15, -0.1) is 0 Å². The molecule has 1 unspecified atom stereocenters. The quantitative estimate of drug-likeness (QED) is 0.702. The van der Waals surface area contributed by atoms with Gasteiger partial charge in [0.15, 0.2) is 0 Å². The second kappa shape index (κ2) is 10.1. The third-order valence-corrected chi connectivity index (χ3v) is 6.43. The Balaban J connectivity index is 1.45. The van der Waals surface area contributed by atoms with Gasteiger partial charge in [0.25, 0.3) is 0 Å². The van der Waals surface area contributed by atoms with Gasteiger partial charge in [-0.25, -0.2) is 4.39 Å². The number of benzene rings is 2. The van der Waals surface area contributed by atoms with E-state index in [1.807, 2.05) is 0 Å². The Kier molecular flexibility index (Phi) is 7.05. The maximum absolute atomic E-state index is 13.1. The van der Waals surface area contributed by atoms with Gasteiger partial charge in [0, 0.05) is 31.5 Å². The number of anilines is 2. The van der Waals surface area contributed by atoms with Crippen molar-refractivity contribution in [3.63, 3.8) is 0 Å². The van der Waals surface area contributed by atoms with Crippen LogP contribution in [0.2, 0.25) is 0 Å². The molecule has 0 saturated carbocycles. The van der Waals surface area contributed by atoms with Crippen molar-refractivity contribution in [3.8, 4) is 0 Å². The second-order valence-corrected chi connectivity index (χ2v) is 8.70. The minimum Gasteiger partial charge on any atom is -0.374 e. The van der Waals surface area contributed by atoms with Gasteiger partial charge in [-0.05, 0) is 80.2 Å². The van der Waals surface area contributed by atoms with Crippen LogP contribution in [0.4, 0.5) is 15.8 Å². The zero-order chi connectivity index (χ0) is 22.5. The number of carbonyl (C=O) groups excluding carboxylic acids is 2. The summed E-state index contributed by atoms with van der Waals surface area (Å²) >= 11 is 0. The SMILES string of the molecule is CN1CCCc2cc(C(CNC(=O)C(=O)Nc3ccc(F)cc3)N3CCCCC3)ccc21. The molecular formula is C25H31FN4O2. The molecule has 2 aromatic rings. The summed E-state index contributed by atoms with van der Waals surface area (Å²) < 4.78 is 13.1. The number of hydrogen-bond donors (Lipinski definition) is 2.